The molecule has 2 fully saturated rings. The molecular weight excluding hydrogens is 500 g/mol. The highest BCUT2D eigenvalue weighted by atomic mass is 16.5. The second-order valence-corrected chi connectivity index (χ2v) is 10.2. The van der Waals surface area contributed by atoms with Gasteiger partial charge in [-0.15, -0.1) is 0 Å². The number of amides is 4. The van der Waals surface area contributed by atoms with Crippen molar-refractivity contribution in [1.82, 2.24) is 20.4 Å². The molecule has 2 N–H and O–H groups in total. The molecule has 3 aliphatic heterocycles. The molecule has 0 saturated carbocycles. The fourth-order valence-corrected chi connectivity index (χ4v) is 5.28. The number of benzene rings is 2. The van der Waals surface area contributed by atoms with Gasteiger partial charge in [0.1, 0.15) is 18.4 Å². The second kappa shape index (κ2) is 12.0. The van der Waals surface area contributed by atoms with Gasteiger partial charge in [0.05, 0.1) is 19.6 Å². The van der Waals surface area contributed by atoms with Crippen molar-refractivity contribution < 1.29 is 28.7 Å². The summed E-state index contributed by atoms with van der Waals surface area (Å²) in [7, 11) is 0. The standard InChI is InChI=1S/C29H34N4O6/c1-19-14-20(3-6-25(19)39-13-10-32-8-11-38-12-9-32)16-27(35)30-17-21-2-4-23-22(15-21)18-33(29(23)37)24-5-7-26(34)31-28(24)36/h2-4,6,14-15,24H,5,7-13,16-18H2,1H3,(H,30,35)(H,31,34,36). The summed E-state index contributed by atoms with van der Waals surface area (Å²) in [6, 6.07) is 10.6. The number of nitrogens with one attached hydrogen (secondary N) is 2. The van der Waals surface area contributed by atoms with Crippen LogP contribution >= 0.6 is 0 Å². The summed E-state index contributed by atoms with van der Waals surface area (Å²) in [6.07, 6.45) is 0.800. The van der Waals surface area contributed by atoms with Crippen molar-refractivity contribution in [1.29, 1.82) is 0 Å². The molecule has 206 valence electrons. The van der Waals surface area contributed by atoms with Crippen LogP contribution in [-0.4, -0.2) is 78.9 Å². The van der Waals surface area contributed by atoms with Gasteiger partial charge >= 0.3 is 0 Å². The molecule has 3 aliphatic rings. The largest absolute Gasteiger partial charge is 0.492 e. The zero-order valence-electron chi connectivity index (χ0n) is 22.2. The first-order valence-electron chi connectivity index (χ1n) is 13.4. The van der Waals surface area contributed by atoms with Crippen LogP contribution in [0.25, 0.3) is 0 Å². The van der Waals surface area contributed by atoms with Gasteiger partial charge in [-0.1, -0.05) is 24.3 Å². The monoisotopic (exact) mass is 534 g/mol. The zero-order valence-corrected chi connectivity index (χ0v) is 22.2. The maximum absolute atomic E-state index is 12.9. The average Bonchev–Trinajstić information content (AvgIpc) is 3.24. The number of morpholine rings is 1. The molecule has 10 nitrogen and oxygen atoms in total. The van der Waals surface area contributed by atoms with E-state index in [4.69, 9.17) is 9.47 Å². The molecule has 2 aromatic rings. The van der Waals surface area contributed by atoms with Crippen molar-refractivity contribution in [3.63, 3.8) is 0 Å². The smallest absolute Gasteiger partial charge is 0.255 e. The third-order valence-electron chi connectivity index (χ3n) is 7.45. The number of fused-ring (bicyclic) bond motifs is 1. The van der Waals surface area contributed by atoms with Crippen LogP contribution in [0.5, 0.6) is 5.75 Å². The summed E-state index contributed by atoms with van der Waals surface area (Å²) in [4.78, 5) is 53.1. The highest BCUT2D eigenvalue weighted by Gasteiger charge is 2.39. The third-order valence-corrected chi connectivity index (χ3v) is 7.45. The van der Waals surface area contributed by atoms with Crippen molar-refractivity contribution in [2.24, 2.45) is 0 Å². The lowest BCUT2D eigenvalue weighted by Crippen LogP contribution is -2.52. The van der Waals surface area contributed by atoms with Crippen LogP contribution in [0.1, 0.15) is 45.5 Å². The minimum atomic E-state index is -0.643. The van der Waals surface area contributed by atoms with Crippen LogP contribution in [-0.2, 0) is 38.6 Å². The van der Waals surface area contributed by atoms with Crippen molar-refractivity contribution in [2.45, 2.75) is 45.3 Å². The summed E-state index contributed by atoms with van der Waals surface area (Å²) in [5.41, 5.74) is 4.14. The van der Waals surface area contributed by atoms with Crippen molar-refractivity contribution in [3.8, 4) is 5.75 Å². The number of imide groups is 1. The minimum absolute atomic E-state index is 0.0999. The maximum atomic E-state index is 12.9. The van der Waals surface area contributed by atoms with E-state index in [1.807, 2.05) is 37.3 Å². The lowest BCUT2D eigenvalue weighted by Gasteiger charge is -2.29. The van der Waals surface area contributed by atoms with Gasteiger partial charge in [-0.2, -0.15) is 0 Å². The van der Waals surface area contributed by atoms with Gasteiger partial charge in [-0.05, 0) is 47.7 Å². The molecule has 1 unspecified atom stereocenters. The molecule has 0 spiro atoms. The average molecular weight is 535 g/mol. The molecule has 0 aromatic heterocycles. The highest BCUT2D eigenvalue weighted by Crippen LogP contribution is 2.28. The Morgan fingerprint density at radius 2 is 1.90 bits per heavy atom. The molecule has 0 radical (unpaired) electrons. The Bertz CT molecular complexity index is 1270. The number of hydrogen-bond acceptors (Lipinski definition) is 7. The van der Waals surface area contributed by atoms with Crippen LogP contribution in [0, 0.1) is 6.92 Å². The van der Waals surface area contributed by atoms with Crippen LogP contribution in [0.4, 0.5) is 0 Å². The van der Waals surface area contributed by atoms with E-state index >= 15 is 0 Å². The summed E-state index contributed by atoms with van der Waals surface area (Å²) in [6.45, 7) is 7.49. The maximum Gasteiger partial charge on any atom is 0.255 e. The Balaban J connectivity index is 1.10. The number of carbonyl (C=O) groups is 4. The minimum Gasteiger partial charge on any atom is -0.492 e. The fraction of sp³-hybridized carbons (Fsp3) is 0.448. The normalized spacial score (nSPS) is 19.6. The second-order valence-electron chi connectivity index (χ2n) is 10.2. The first-order chi connectivity index (χ1) is 18.9. The van der Waals surface area contributed by atoms with Crippen molar-refractivity contribution >= 4 is 23.6 Å². The summed E-state index contributed by atoms with van der Waals surface area (Å²) < 4.78 is 11.3. The van der Waals surface area contributed by atoms with Crippen LogP contribution in [0.3, 0.4) is 0 Å². The van der Waals surface area contributed by atoms with Gasteiger partial charge in [0.15, 0.2) is 0 Å². The van der Waals surface area contributed by atoms with E-state index in [0.29, 0.717) is 31.7 Å². The van der Waals surface area contributed by atoms with Crippen LogP contribution < -0.4 is 15.4 Å². The fourth-order valence-electron chi connectivity index (χ4n) is 5.28. The SMILES string of the molecule is Cc1cc(CC(=O)NCc2ccc3c(c2)CN(C2CCC(=O)NC2=O)C3=O)ccc1OCCN1CCOCC1. The van der Waals surface area contributed by atoms with E-state index in [2.05, 4.69) is 15.5 Å². The van der Waals surface area contributed by atoms with Crippen molar-refractivity contribution in [3.05, 3.63) is 64.2 Å². The van der Waals surface area contributed by atoms with E-state index in [-0.39, 0.29) is 30.6 Å². The summed E-state index contributed by atoms with van der Waals surface area (Å²) in [5, 5.41) is 5.27. The predicted octanol–water partition coefficient (Wildman–Crippen LogP) is 1.33. The van der Waals surface area contributed by atoms with Crippen LogP contribution in [0.2, 0.25) is 0 Å². The summed E-state index contributed by atoms with van der Waals surface area (Å²) in [5.74, 6) is -0.220. The van der Waals surface area contributed by atoms with Gasteiger partial charge < -0.3 is 19.7 Å². The molecule has 5 rings (SSSR count). The molecule has 0 aliphatic carbocycles. The molecule has 2 saturated heterocycles. The number of ether oxygens (including phenoxy) is 2. The highest BCUT2D eigenvalue weighted by molar-refractivity contribution is 6.05. The van der Waals surface area contributed by atoms with Gasteiger partial charge in [0.25, 0.3) is 5.91 Å². The molecule has 3 heterocycles. The number of carbonyl (C=O) groups excluding carboxylic acids is 4. The number of piperidine rings is 1. The van der Waals surface area contributed by atoms with E-state index in [0.717, 1.165) is 60.9 Å². The topological polar surface area (TPSA) is 117 Å². The number of rotatable bonds is 9. The quantitative estimate of drug-likeness (QED) is 0.466. The molecule has 4 amide bonds. The van der Waals surface area contributed by atoms with E-state index in [9.17, 15) is 19.2 Å². The van der Waals surface area contributed by atoms with Crippen LogP contribution in [0.15, 0.2) is 36.4 Å². The Labute approximate surface area is 227 Å². The van der Waals surface area contributed by atoms with Crippen molar-refractivity contribution in [2.75, 3.05) is 39.5 Å². The number of hydrogen-bond donors (Lipinski definition) is 2. The summed E-state index contributed by atoms with van der Waals surface area (Å²) >= 11 is 0. The first kappa shape index (κ1) is 26.8. The Hall–Kier alpha value is -3.76. The molecule has 2 aromatic carbocycles. The van der Waals surface area contributed by atoms with Gasteiger partial charge in [-0.3, -0.25) is 29.4 Å². The predicted molar refractivity (Wildman–Crippen MR) is 142 cm³/mol. The van der Waals surface area contributed by atoms with Gasteiger partial charge in [0, 0.05) is 44.7 Å². The molecule has 39 heavy (non-hydrogen) atoms. The van der Waals surface area contributed by atoms with E-state index in [1.165, 1.54) is 4.90 Å². The van der Waals surface area contributed by atoms with Gasteiger partial charge in [-0.25, -0.2) is 0 Å². The first-order valence-corrected chi connectivity index (χ1v) is 13.4. The Morgan fingerprint density at radius 3 is 2.67 bits per heavy atom. The third kappa shape index (κ3) is 6.46. The van der Waals surface area contributed by atoms with E-state index in [1.54, 1.807) is 6.07 Å². The lowest BCUT2D eigenvalue weighted by molar-refractivity contribution is -0.137. The molecule has 0 bridgehead atoms. The van der Waals surface area contributed by atoms with Gasteiger partial charge in [0.2, 0.25) is 17.7 Å². The Morgan fingerprint density at radius 1 is 1.10 bits per heavy atom. The molecular formula is C29H34N4O6. The molecule has 10 heteroatoms. The number of nitrogens with zero attached hydrogens (tertiary/aromatic N) is 2. The Kier molecular flexibility index (Phi) is 8.23. The number of aryl methyl sites for hydroxylation is 1. The molecule has 1 atom stereocenters. The zero-order chi connectivity index (χ0) is 27.4. The van der Waals surface area contributed by atoms with E-state index < -0.39 is 11.9 Å². The lowest BCUT2D eigenvalue weighted by atomic mass is 10.0.